The van der Waals surface area contributed by atoms with Crippen molar-refractivity contribution in [2.45, 2.75) is 64.4 Å². The van der Waals surface area contributed by atoms with Gasteiger partial charge in [-0.05, 0) is 19.3 Å². The van der Waals surface area contributed by atoms with Crippen LogP contribution in [0, 0.1) is 23.2 Å². The van der Waals surface area contributed by atoms with E-state index in [0.29, 0.717) is 12.8 Å². The molecule has 2 saturated heterocycles. The summed E-state index contributed by atoms with van der Waals surface area (Å²) in [5, 5.41) is 0. The molecule has 6 heteroatoms. The summed E-state index contributed by atoms with van der Waals surface area (Å²) in [5.74, 6) is -2.33. The fourth-order valence-corrected chi connectivity index (χ4v) is 5.34. The van der Waals surface area contributed by atoms with E-state index in [1.165, 1.54) is 6.92 Å². The Morgan fingerprint density at radius 3 is 2.65 bits per heavy atom. The minimum atomic E-state index is -1.08. The molecule has 0 amide bonds. The Labute approximate surface area is 134 Å². The molecule has 0 aromatic heterocycles. The van der Waals surface area contributed by atoms with Gasteiger partial charge in [-0.15, -0.1) is 0 Å². The second-order valence-electron chi connectivity index (χ2n) is 7.81. The molecule has 126 valence electrons. The van der Waals surface area contributed by atoms with E-state index < -0.39 is 34.8 Å². The Balaban J connectivity index is 1.87. The number of ether oxygens (including phenoxy) is 3. The molecule has 4 rings (SSSR count). The van der Waals surface area contributed by atoms with E-state index in [-0.39, 0.29) is 23.6 Å². The normalized spacial score (nSPS) is 53.7. The van der Waals surface area contributed by atoms with Crippen LogP contribution in [-0.4, -0.2) is 35.2 Å². The topological polar surface area (TPSA) is 82.2 Å². The van der Waals surface area contributed by atoms with E-state index in [1.807, 2.05) is 6.92 Å². The summed E-state index contributed by atoms with van der Waals surface area (Å²) in [4.78, 5) is 36.5. The van der Waals surface area contributed by atoms with Gasteiger partial charge in [-0.2, -0.15) is 0 Å². The average molecular weight is 322 g/mol. The maximum absolute atomic E-state index is 12.6. The van der Waals surface area contributed by atoms with Gasteiger partial charge in [0.25, 0.3) is 0 Å². The third kappa shape index (κ3) is 1.51. The first-order valence-corrected chi connectivity index (χ1v) is 8.32. The summed E-state index contributed by atoms with van der Waals surface area (Å²) >= 11 is 0. The third-order valence-corrected chi connectivity index (χ3v) is 6.89. The Kier molecular flexibility index (Phi) is 2.73. The zero-order chi connectivity index (χ0) is 16.8. The molecule has 0 radical (unpaired) electrons. The van der Waals surface area contributed by atoms with Crippen LogP contribution in [-0.2, 0) is 28.6 Å². The molecule has 23 heavy (non-hydrogen) atoms. The molecule has 6 nitrogen and oxygen atoms in total. The Bertz CT molecular complexity index is 629. The zero-order valence-electron chi connectivity index (χ0n) is 13.9. The van der Waals surface area contributed by atoms with Crippen molar-refractivity contribution in [2.75, 3.05) is 0 Å². The largest absolute Gasteiger partial charge is 0.459 e. The monoisotopic (exact) mass is 322 g/mol. The van der Waals surface area contributed by atoms with Crippen LogP contribution in [0.2, 0.25) is 0 Å². The number of fused-ring (bicyclic) bond motifs is 1. The third-order valence-electron chi connectivity index (χ3n) is 6.89. The van der Waals surface area contributed by atoms with Crippen molar-refractivity contribution in [1.82, 2.24) is 0 Å². The van der Waals surface area contributed by atoms with Gasteiger partial charge in [-0.3, -0.25) is 14.4 Å². The number of Topliss-reactive ketones (excluding diaryl/α,β-unsaturated/α-hetero) is 1. The molecule has 4 aliphatic rings. The molecule has 2 aliphatic heterocycles. The van der Waals surface area contributed by atoms with Crippen molar-refractivity contribution in [1.29, 1.82) is 0 Å². The summed E-state index contributed by atoms with van der Waals surface area (Å²) in [6.45, 7) is 7.20. The first-order valence-electron chi connectivity index (χ1n) is 8.32. The Hall–Kier alpha value is -1.43. The van der Waals surface area contributed by atoms with Gasteiger partial charge in [-0.25, -0.2) is 0 Å². The van der Waals surface area contributed by atoms with Crippen LogP contribution in [0.4, 0.5) is 0 Å². The van der Waals surface area contributed by atoms with Crippen LogP contribution < -0.4 is 0 Å². The smallest absolute Gasteiger partial charge is 0.314 e. The number of hydrogen-bond donors (Lipinski definition) is 0. The highest BCUT2D eigenvalue weighted by Crippen LogP contribution is 2.73. The van der Waals surface area contributed by atoms with Crippen LogP contribution in [0.3, 0.4) is 0 Å². The average Bonchev–Trinajstić information content (AvgIpc) is 3.08. The number of hydrogen-bond acceptors (Lipinski definition) is 6. The van der Waals surface area contributed by atoms with Crippen molar-refractivity contribution >= 4 is 17.7 Å². The standard InChI is InChI=1S/C17H22O6/c1-8-5-6-12(19)11-7-16-17(23-16,9(2)13(20)22-16)14(15(8,11)4)21-10(3)18/h8-9,11,14H,5-7H2,1-4H3/t8-,9-,11-,14-,15+,16-,17+/m0/s1. The number of esters is 2. The molecule has 0 spiro atoms. The van der Waals surface area contributed by atoms with E-state index in [0.717, 1.165) is 6.42 Å². The van der Waals surface area contributed by atoms with Crippen LogP contribution in [0.15, 0.2) is 0 Å². The van der Waals surface area contributed by atoms with Gasteiger partial charge in [0, 0.05) is 31.1 Å². The van der Waals surface area contributed by atoms with Gasteiger partial charge >= 0.3 is 11.9 Å². The fraction of sp³-hybridized carbons (Fsp3) is 0.824. The van der Waals surface area contributed by atoms with Crippen LogP contribution in [0.1, 0.15) is 47.0 Å². The molecule has 7 atom stereocenters. The van der Waals surface area contributed by atoms with Crippen molar-refractivity contribution in [3.05, 3.63) is 0 Å². The van der Waals surface area contributed by atoms with E-state index in [9.17, 15) is 14.4 Å². The lowest BCUT2D eigenvalue weighted by molar-refractivity contribution is -0.185. The maximum atomic E-state index is 12.6. The van der Waals surface area contributed by atoms with Crippen molar-refractivity contribution in [2.24, 2.45) is 23.2 Å². The summed E-state index contributed by atoms with van der Waals surface area (Å²) in [6.07, 6.45) is 1.00. The number of rotatable bonds is 1. The highest BCUT2D eigenvalue weighted by molar-refractivity contribution is 5.86. The number of carbonyl (C=O) groups excluding carboxylic acids is 3. The van der Waals surface area contributed by atoms with Crippen molar-refractivity contribution in [3.63, 3.8) is 0 Å². The Morgan fingerprint density at radius 1 is 1.30 bits per heavy atom. The second kappa shape index (κ2) is 4.15. The molecule has 2 saturated carbocycles. The van der Waals surface area contributed by atoms with Gasteiger partial charge < -0.3 is 14.2 Å². The van der Waals surface area contributed by atoms with Crippen LogP contribution >= 0.6 is 0 Å². The number of epoxide rings is 1. The molecule has 4 fully saturated rings. The van der Waals surface area contributed by atoms with Crippen molar-refractivity contribution < 1.29 is 28.6 Å². The summed E-state index contributed by atoms with van der Waals surface area (Å²) in [6, 6.07) is 0. The lowest BCUT2D eigenvalue weighted by atomic mass is 9.50. The van der Waals surface area contributed by atoms with Crippen molar-refractivity contribution in [3.8, 4) is 0 Å². The molecular formula is C17H22O6. The molecule has 2 aliphatic carbocycles. The minimum absolute atomic E-state index is 0.150. The molecule has 0 N–H and O–H groups in total. The number of ketones is 1. The quantitative estimate of drug-likeness (QED) is 0.539. The highest BCUT2D eigenvalue weighted by Gasteiger charge is 2.91. The maximum Gasteiger partial charge on any atom is 0.314 e. The van der Waals surface area contributed by atoms with Gasteiger partial charge in [0.2, 0.25) is 5.79 Å². The summed E-state index contributed by atoms with van der Waals surface area (Å²) in [7, 11) is 0. The highest BCUT2D eigenvalue weighted by atomic mass is 16.8. The molecule has 0 bridgehead atoms. The first-order chi connectivity index (χ1) is 10.7. The Morgan fingerprint density at radius 2 is 2.00 bits per heavy atom. The van der Waals surface area contributed by atoms with E-state index in [1.54, 1.807) is 6.92 Å². The predicted octanol–water partition coefficient (Wildman–Crippen LogP) is 1.60. The van der Waals surface area contributed by atoms with Gasteiger partial charge in [0.05, 0.1) is 5.92 Å². The minimum Gasteiger partial charge on any atom is -0.459 e. The van der Waals surface area contributed by atoms with Gasteiger partial charge in [0.1, 0.15) is 11.9 Å². The number of carbonyl (C=O) groups is 3. The molecule has 0 aromatic carbocycles. The first kappa shape index (κ1) is 15.1. The van der Waals surface area contributed by atoms with Gasteiger partial charge in [-0.1, -0.05) is 13.8 Å². The molecule has 2 heterocycles. The summed E-state index contributed by atoms with van der Waals surface area (Å²) < 4.78 is 17.2. The lowest BCUT2D eigenvalue weighted by Gasteiger charge is -2.53. The van der Waals surface area contributed by atoms with E-state index in [2.05, 4.69) is 6.92 Å². The summed E-state index contributed by atoms with van der Waals surface area (Å²) in [5.41, 5.74) is -1.48. The van der Waals surface area contributed by atoms with E-state index in [4.69, 9.17) is 14.2 Å². The van der Waals surface area contributed by atoms with Crippen LogP contribution in [0.25, 0.3) is 0 Å². The molecule has 0 unspecified atom stereocenters. The zero-order valence-corrected chi connectivity index (χ0v) is 13.9. The predicted molar refractivity (Wildman–Crippen MR) is 77.0 cm³/mol. The van der Waals surface area contributed by atoms with Gasteiger partial charge in [0.15, 0.2) is 5.60 Å². The second-order valence-corrected chi connectivity index (χ2v) is 7.81. The molecular weight excluding hydrogens is 300 g/mol. The van der Waals surface area contributed by atoms with Crippen LogP contribution in [0.5, 0.6) is 0 Å². The SMILES string of the molecule is CC(=O)O[C@H]1[C@]2(C)[C@@H](C)CCC(=O)[C@@H]2C[C@@]23OC(=O)[C@H](C)[C@@]12O3. The van der Waals surface area contributed by atoms with E-state index >= 15 is 0 Å². The fourth-order valence-electron chi connectivity index (χ4n) is 5.34. The molecule has 0 aromatic rings. The lowest BCUT2D eigenvalue weighted by Crippen LogP contribution is -2.63.